The average molecular weight is 919 g/mol. The van der Waals surface area contributed by atoms with Crippen LogP contribution in [0.25, 0.3) is 28.4 Å². The van der Waals surface area contributed by atoms with Crippen LogP contribution in [0.2, 0.25) is 0 Å². The Morgan fingerprint density at radius 3 is 1.92 bits per heavy atom. The summed E-state index contributed by atoms with van der Waals surface area (Å²) in [6, 6.07) is 9.02. The molecule has 3 aliphatic heterocycles. The topological polar surface area (TPSA) is 375 Å². The monoisotopic (exact) mass is 918 g/mol. The molecule has 15 unspecified atom stereocenters. The number of aliphatic hydroxyl groups excluding tert-OH is 8. The molecule has 0 radical (unpaired) electrons. The van der Waals surface area contributed by atoms with E-state index in [1.807, 2.05) is 0 Å². The number of hydrogen-bond acceptors (Lipinski definition) is 23. The molecule has 65 heavy (non-hydrogen) atoms. The van der Waals surface area contributed by atoms with Gasteiger partial charge in [0.15, 0.2) is 35.0 Å². The first-order valence-electron chi connectivity index (χ1n) is 19.9. The van der Waals surface area contributed by atoms with Gasteiger partial charge < -0.3 is 104 Å². The van der Waals surface area contributed by atoms with Crippen LogP contribution in [-0.4, -0.2) is 171 Å². The Hall–Kier alpha value is -5.80. The van der Waals surface area contributed by atoms with E-state index in [1.165, 1.54) is 44.2 Å². The summed E-state index contributed by atoms with van der Waals surface area (Å²) in [5, 5.41) is 136. The quantitative estimate of drug-likeness (QED) is 0.0462. The number of esters is 1. The molecular formula is C42H46O23. The Labute approximate surface area is 365 Å². The van der Waals surface area contributed by atoms with E-state index in [0.717, 1.165) is 30.3 Å². The van der Waals surface area contributed by atoms with Crippen LogP contribution in [0.15, 0.2) is 63.8 Å². The summed E-state index contributed by atoms with van der Waals surface area (Å²) in [7, 11) is 0. The SMILES string of the molecule is CC1OC(Oc2cc(O)c3c(=O)c(OC4OC(C)C(O)C(OC5OC(COC(=O)C=Cc6ccc(O)c(O)c6)C(O)C(O)C5O)C4O)c(-c4ccc(O)c(O)c4)oc3c2)C(O)C(O)C1O. The summed E-state index contributed by atoms with van der Waals surface area (Å²) in [6.45, 7) is 2.01. The zero-order valence-corrected chi connectivity index (χ0v) is 34.0. The number of rotatable bonds is 11. The number of phenols is 5. The molecule has 0 amide bonds. The Morgan fingerprint density at radius 2 is 1.25 bits per heavy atom. The van der Waals surface area contributed by atoms with Crippen LogP contribution in [0.1, 0.15) is 19.4 Å². The maximum atomic E-state index is 14.3. The van der Waals surface area contributed by atoms with E-state index in [1.54, 1.807) is 0 Å². The van der Waals surface area contributed by atoms with Crippen molar-refractivity contribution in [2.24, 2.45) is 0 Å². The molecule has 3 fully saturated rings. The van der Waals surface area contributed by atoms with Gasteiger partial charge in [-0.3, -0.25) is 4.79 Å². The second-order valence-electron chi connectivity index (χ2n) is 15.5. The number of aromatic hydroxyl groups is 5. The second kappa shape index (κ2) is 19.0. The maximum Gasteiger partial charge on any atom is 0.330 e. The van der Waals surface area contributed by atoms with Crippen LogP contribution in [0.4, 0.5) is 0 Å². The molecule has 4 heterocycles. The van der Waals surface area contributed by atoms with Gasteiger partial charge in [-0.1, -0.05) is 6.07 Å². The van der Waals surface area contributed by atoms with E-state index in [0.29, 0.717) is 5.56 Å². The molecule has 352 valence electrons. The van der Waals surface area contributed by atoms with Gasteiger partial charge in [-0.2, -0.15) is 0 Å². The van der Waals surface area contributed by atoms with Crippen LogP contribution in [-0.2, 0) is 28.5 Å². The molecule has 23 heteroatoms. The fourth-order valence-corrected chi connectivity index (χ4v) is 7.25. The van der Waals surface area contributed by atoms with Crippen molar-refractivity contribution in [3.63, 3.8) is 0 Å². The molecule has 4 aromatic rings. The number of fused-ring (bicyclic) bond motifs is 1. The largest absolute Gasteiger partial charge is 0.507 e. The number of aliphatic hydroxyl groups is 8. The summed E-state index contributed by atoms with van der Waals surface area (Å²) >= 11 is 0. The lowest BCUT2D eigenvalue weighted by molar-refractivity contribution is -0.350. The molecule has 1 aromatic heterocycles. The molecule has 3 aromatic carbocycles. The average Bonchev–Trinajstić information content (AvgIpc) is 3.26. The van der Waals surface area contributed by atoms with Gasteiger partial charge in [-0.05, 0) is 55.8 Å². The number of carbonyl (C=O) groups excluding carboxylic acids is 1. The molecule has 23 nitrogen and oxygen atoms in total. The minimum atomic E-state index is -2.08. The molecule has 15 atom stereocenters. The van der Waals surface area contributed by atoms with Gasteiger partial charge in [0.25, 0.3) is 0 Å². The van der Waals surface area contributed by atoms with Gasteiger partial charge in [-0.15, -0.1) is 0 Å². The summed E-state index contributed by atoms with van der Waals surface area (Å²) < 4.78 is 45.3. The number of benzene rings is 3. The first-order valence-corrected chi connectivity index (χ1v) is 19.9. The van der Waals surface area contributed by atoms with E-state index in [9.17, 15) is 76.0 Å². The molecule has 7 rings (SSSR count). The highest BCUT2D eigenvalue weighted by Gasteiger charge is 2.51. The van der Waals surface area contributed by atoms with Crippen molar-refractivity contribution in [1.82, 2.24) is 0 Å². The minimum absolute atomic E-state index is 0.114. The molecule has 3 aliphatic rings. The Morgan fingerprint density at radius 1 is 0.631 bits per heavy atom. The lowest BCUT2D eigenvalue weighted by Crippen LogP contribution is -2.64. The van der Waals surface area contributed by atoms with Gasteiger partial charge in [0.2, 0.25) is 23.8 Å². The van der Waals surface area contributed by atoms with Gasteiger partial charge in [0.1, 0.15) is 90.1 Å². The Bertz CT molecular complexity index is 2460. The van der Waals surface area contributed by atoms with Crippen LogP contribution in [0.3, 0.4) is 0 Å². The van der Waals surface area contributed by atoms with Crippen LogP contribution < -0.4 is 14.9 Å². The van der Waals surface area contributed by atoms with Crippen LogP contribution in [0.5, 0.6) is 40.2 Å². The predicted octanol–water partition coefficient (Wildman–Crippen LogP) is -1.51. The Balaban J connectivity index is 1.14. The van der Waals surface area contributed by atoms with E-state index in [4.69, 9.17) is 37.6 Å². The second-order valence-corrected chi connectivity index (χ2v) is 15.5. The summed E-state index contributed by atoms with van der Waals surface area (Å²) in [6.07, 6.45) is -23.5. The van der Waals surface area contributed by atoms with Crippen molar-refractivity contribution >= 4 is 23.0 Å². The van der Waals surface area contributed by atoms with Gasteiger partial charge in [-0.25, -0.2) is 4.79 Å². The lowest BCUT2D eigenvalue weighted by atomic mass is 9.97. The highest BCUT2D eigenvalue weighted by Crippen LogP contribution is 2.41. The molecule has 13 N–H and O–H groups in total. The van der Waals surface area contributed by atoms with E-state index in [2.05, 4.69) is 0 Å². The summed E-state index contributed by atoms with van der Waals surface area (Å²) in [5.41, 5.74) is -1.29. The van der Waals surface area contributed by atoms with Gasteiger partial charge in [0, 0.05) is 23.8 Å². The highest BCUT2D eigenvalue weighted by atomic mass is 16.7. The maximum absolute atomic E-state index is 14.3. The van der Waals surface area contributed by atoms with Gasteiger partial charge >= 0.3 is 5.97 Å². The normalized spacial score (nSPS) is 32.9. The smallest absolute Gasteiger partial charge is 0.330 e. The van der Waals surface area contributed by atoms with Crippen LogP contribution in [0, 0.1) is 0 Å². The fraction of sp³-hybridized carbons (Fsp3) is 0.429. The van der Waals surface area contributed by atoms with Crippen LogP contribution >= 0.6 is 0 Å². The molecule has 0 spiro atoms. The third-order valence-corrected chi connectivity index (χ3v) is 11.0. The van der Waals surface area contributed by atoms with E-state index in [-0.39, 0.29) is 22.6 Å². The van der Waals surface area contributed by atoms with E-state index < -0.39 is 150 Å². The molecule has 3 saturated heterocycles. The Kier molecular flexibility index (Phi) is 13.8. The summed E-state index contributed by atoms with van der Waals surface area (Å²) in [4.78, 5) is 26.7. The number of phenolic OH excluding ortho intramolecular Hbond substituents is 5. The number of hydrogen-bond donors (Lipinski definition) is 13. The standard InChI is InChI=1S/C42H46O23/c1-14-28(49)32(53)34(55)40(59-14)61-18-11-23(47)27-24(12-18)62-37(17-5-7-20(44)22(46)10-17)39(31(27)52)65-42-36(57)38(29(50)15(2)60-42)64-41-35(56)33(54)30(51)25(63-41)13-58-26(48)8-4-16-3-6-19(43)21(45)9-16/h3-12,14-15,25,28-30,32-36,38,40-47,49-51,53-57H,13H2,1-2H3. The van der Waals surface area contributed by atoms with E-state index >= 15 is 0 Å². The zero-order valence-electron chi connectivity index (χ0n) is 34.0. The first-order chi connectivity index (χ1) is 30.7. The minimum Gasteiger partial charge on any atom is -0.507 e. The predicted molar refractivity (Wildman–Crippen MR) is 214 cm³/mol. The third kappa shape index (κ3) is 9.62. The van der Waals surface area contributed by atoms with Crippen molar-refractivity contribution in [2.45, 2.75) is 106 Å². The molecular weight excluding hydrogens is 872 g/mol. The fourth-order valence-electron chi connectivity index (χ4n) is 7.25. The van der Waals surface area contributed by atoms with Gasteiger partial charge in [0.05, 0.1) is 12.2 Å². The third-order valence-electron chi connectivity index (χ3n) is 11.0. The van der Waals surface area contributed by atoms with Crippen molar-refractivity contribution in [3.8, 4) is 51.6 Å². The van der Waals surface area contributed by atoms with Crippen molar-refractivity contribution in [3.05, 3.63) is 70.4 Å². The van der Waals surface area contributed by atoms with Crippen molar-refractivity contribution in [1.29, 1.82) is 0 Å². The summed E-state index contributed by atoms with van der Waals surface area (Å²) in [5.74, 6) is -5.32. The number of carbonyl (C=O) groups is 1. The van der Waals surface area contributed by atoms with Crippen molar-refractivity contribution < 1.29 is 109 Å². The first kappa shape index (κ1) is 47.2. The lowest BCUT2D eigenvalue weighted by Gasteiger charge is -2.45. The molecule has 0 aliphatic carbocycles. The molecule has 0 bridgehead atoms. The van der Waals surface area contributed by atoms with Crippen molar-refractivity contribution in [2.75, 3.05) is 6.61 Å². The zero-order chi connectivity index (χ0) is 47.2. The number of ether oxygens (including phenoxy) is 7. The highest BCUT2D eigenvalue weighted by molar-refractivity contribution is 5.89. The molecule has 0 saturated carbocycles.